The van der Waals surface area contributed by atoms with Gasteiger partial charge in [0.2, 0.25) is 5.82 Å². The minimum Gasteiger partial charge on any atom is -0.497 e. The Labute approximate surface area is 197 Å². The molecule has 5 rings (SSSR count). The Morgan fingerprint density at radius 2 is 1.74 bits per heavy atom. The molecular formula is C27H24N4O3. The third-order valence-corrected chi connectivity index (χ3v) is 5.88. The second-order valence-corrected chi connectivity index (χ2v) is 8.12. The highest BCUT2D eigenvalue weighted by molar-refractivity contribution is 6.01. The molecule has 1 atom stereocenters. The number of nitrogens with one attached hydrogen (secondary N) is 1. The number of ether oxygens (including phenoxy) is 1. The van der Waals surface area contributed by atoms with E-state index in [1.54, 1.807) is 12.0 Å². The first kappa shape index (κ1) is 21.5. The first-order valence-electron chi connectivity index (χ1n) is 11.0. The molecule has 0 bridgehead atoms. The average molecular weight is 453 g/mol. The van der Waals surface area contributed by atoms with Crippen LogP contribution in [0.25, 0.3) is 17.0 Å². The van der Waals surface area contributed by atoms with Crippen LogP contribution in [0.2, 0.25) is 0 Å². The summed E-state index contributed by atoms with van der Waals surface area (Å²) in [4.78, 5) is 19.6. The number of urea groups is 1. The van der Waals surface area contributed by atoms with Gasteiger partial charge in [-0.05, 0) is 61.4 Å². The second kappa shape index (κ2) is 8.86. The molecule has 0 aliphatic carbocycles. The fraction of sp³-hybridized carbons (Fsp3) is 0.148. The van der Waals surface area contributed by atoms with Crippen molar-refractivity contribution in [3.05, 3.63) is 102 Å². The van der Waals surface area contributed by atoms with E-state index in [1.807, 2.05) is 92.7 Å². The molecule has 4 aromatic rings. The number of allylic oxidation sites excluding steroid dienone is 1. The minimum absolute atomic E-state index is 0.212. The Bertz CT molecular complexity index is 1360. The molecule has 7 nitrogen and oxygen atoms in total. The maximum absolute atomic E-state index is 13.3. The molecule has 1 N–H and O–H groups in total. The zero-order valence-electron chi connectivity index (χ0n) is 19.1. The van der Waals surface area contributed by atoms with E-state index in [1.165, 1.54) is 0 Å². The van der Waals surface area contributed by atoms with E-state index >= 15 is 0 Å². The molecular weight excluding hydrogens is 428 g/mol. The molecule has 0 radical (unpaired) electrons. The summed E-state index contributed by atoms with van der Waals surface area (Å²) < 4.78 is 11.0. The number of anilines is 1. The quantitative estimate of drug-likeness (QED) is 0.417. The lowest BCUT2D eigenvalue weighted by Crippen LogP contribution is -2.46. The number of aryl methyl sites for hydroxylation is 1. The number of hydrogen-bond donors (Lipinski definition) is 1. The molecule has 1 unspecified atom stereocenters. The maximum atomic E-state index is 13.3. The van der Waals surface area contributed by atoms with Gasteiger partial charge in [0.05, 0.1) is 24.4 Å². The molecule has 1 aliphatic rings. The summed E-state index contributed by atoms with van der Waals surface area (Å²) in [6.07, 6.45) is 0. The van der Waals surface area contributed by atoms with Crippen LogP contribution in [0.5, 0.6) is 5.75 Å². The largest absolute Gasteiger partial charge is 0.497 e. The number of nitrogens with zero attached hydrogens (tertiary/aromatic N) is 3. The number of aromatic nitrogens is 2. The molecule has 34 heavy (non-hydrogen) atoms. The van der Waals surface area contributed by atoms with Crippen LogP contribution in [-0.4, -0.2) is 23.3 Å². The van der Waals surface area contributed by atoms with Gasteiger partial charge in [0.25, 0.3) is 5.89 Å². The molecule has 2 amide bonds. The van der Waals surface area contributed by atoms with E-state index in [9.17, 15) is 4.79 Å². The predicted octanol–water partition coefficient (Wildman–Crippen LogP) is 5.76. The van der Waals surface area contributed by atoms with Gasteiger partial charge in [-0.15, -0.1) is 0 Å². The Hall–Kier alpha value is -4.39. The van der Waals surface area contributed by atoms with Crippen molar-refractivity contribution in [1.82, 2.24) is 15.5 Å². The summed E-state index contributed by atoms with van der Waals surface area (Å²) in [5.41, 5.74) is 5.05. The third kappa shape index (κ3) is 3.92. The van der Waals surface area contributed by atoms with Crippen molar-refractivity contribution >= 4 is 17.3 Å². The number of hydrogen-bond acceptors (Lipinski definition) is 5. The lowest BCUT2D eigenvalue weighted by molar-refractivity contribution is 0.244. The smallest absolute Gasteiger partial charge is 0.326 e. The standard InChI is InChI=1S/C27H24N4O3/c1-17-8-7-11-21(16-17)31-18(2)23(24(28-27(31)32)19-9-5-4-6-10-19)26-29-25(30-34-26)20-12-14-22(33-3)15-13-20/h4-16,24H,1-3H3,(H,28,32). The summed E-state index contributed by atoms with van der Waals surface area (Å²) in [6.45, 7) is 3.90. The monoisotopic (exact) mass is 452 g/mol. The van der Waals surface area contributed by atoms with Crippen LogP contribution in [0.1, 0.15) is 30.0 Å². The van der Waals surface area contributed by atoms with Crippen LogP contribution >= 0.6 is 0 Å². The van der Waals surface area contributed by atoms with E-state index < -0.39 is 6.04 Å². The van der Waals surface area contributed by atoms with Gasteiger partial charge in [-0.1, -0.05) is 47.6 Å². The van der Waals surface area contributed by atoms with Crippen molar-refractivity contribution < 1.29 is 14.1 Å². The van der Waals surface area contributed by atoms with Gasteiger partial charge >= 0.3 is 6.03 Å². The van der Waals surface area contributed by atoms with Gasteiger partial charge in [0.15, 0.2) is 0 Å². The van der Waals surface area contributed by atoms with Gasteiger partial charge in [-0.3, -0.25) is 4.90 Å². The fourth-order valence-electron chi connectivity index (χ4n) is 4.18. The molecule has 1 aliphatic heterocycles. The zero-order valence-corrected chi connectivity index (χ0v) is 19.1. The third-order valence-electron chi connectivity index (χ3n) is 5.88. The van der Waals surface area contributed by atoms with Crippen molar-refractivity contribution in [3.8, 4) is 17.1 Å². The van der Waals surface area contributed by atoms with E-state index in [2.05, 4.69) is 10.5 Å². The molecule has 7 heteroatoms. The zero-order chi connectivity index (χ0) is 23.7. The van der Waals surface area contributed by atoms with Gasteiger partial charge in [-0.25, -0.2) is 4.79 Å². The molecule has 2 heterocycles. The van der Waals surface area contributed by atoms with Crippen molar-refractivity contribution in [2.75, 3.05) is 12.0 Å². The Balaban J connectivity index is 1.63. The first-order chi connectivity index (χ1) is 16.5. The normalized spacial score (nSPS) is 15.9. The highest BCUT2D eigenvalue weighted by Crippen LogP contribution is 2.39. The van der Waals surface area contributed by atoms with Crippen LogP contribution in [-0.2, 0) is 0 Å². The number of amides is 2. The lowest BCUT2D eigenvalue weighted by Gasteiger charge is -2.35. The fourth-order valence-corrected chi connectivity index (χ4v) is 4.18. The van der Waals surface area contributed by atoms with Crippen molar-refractivity contribution in [3.63, 3.8) is 0 Å². The van der Waals surface area contributed by atoms with Crippen LogP contribution in [0, 0.1) is 6.92 Å². The van der Waals surface area contributed by atoms with Crippen LogP contribution in [0.4, 0.5) is 10.5 Å². The van der Waals surface area contributed by atoms with E-state index in [0.717, 1.165) is 39.4 Å². The predicted molar refractivity (Wildman–Crippen MR) is 130 cm³/mol. The van der Waals surface area contributed by atoms with Crippen molar-refractivity contribution in [2.24, 2.45) is 0 Å². The first-order valence-corrected chi connectivity index (χ1v) is 11.0. The van der Waals surface area contributed by atoms with Crippen molar-refractivity contribution in [2.45, 2.75) is 19.9 Å². The van der Waals surface area contributed by atoms with Gasteiger partial charge < -0.3 is 14.6 Å². The number of rotatable bonds is 5. The van der Waals surface area contributed by atoms with Gasteiger partial charge in [-0.2, -0.15) is 4.98 Å². The topological polar surface area (TPSA) is 80.5 Å². The summed E-state index contributed by atoms with van der Waals surface area (Å²) in [6, 6.07) is 24.4. The van der Waals surface area contributed by atoms with Crippen molar-refractivity contribution in [1.29, 1.82) is 0 Å². The minimum atomic E-state index is -0.432. The summed E-state index contributed by atoms with van der Waals surface area (Å²) in [7, 11) is 1.62. The number of benzene rings is 3. The number of carbonyl (C=O) groups excluding carboxylic acids is 1. The highest BCUT2D eigenvalue weighted by atomic mass is 16.5. The molecule has 0 saturated carbocycles. The summed E-state index contributed by atoms with van der Waals surface area (Å²) in [5, 5.41) is 7.35. The number of carbonyl (C=O) groups is 1. The van der Waals surface area contributed by atoms with E-state index in [0.29, 0.717) is 11.7 Å². The molecule has 3 aromatic carbocycles. The van der Waals surface area contributed by atoms with E-state index in [-0.39, 0.29) is 6.03 Å². The highest BCUT2D eigenvalue weighted by Gasteiger charge is 2.36. The summed E-state index contributed by atoms with van der Waals surface area (Å²) in [5.74, 6) is 1.57. The molecule has 170 valence electrons. The average Bonchev–Trinajstić information content (AvgIpc) is 3.34. The Kier molecular flexibility index (Phi) is 5.59. The molecule has 1 aromatic heterocycles. The Morgan fingerprint density at radius 3 is 2.44 bits per heavy atom. The number of methoxy groups -OCH3 is 1. The second-order valence-electron chi connectivity index (χ2n) is 8.12. The maximum Gasteiger partial charge on any atom is 0.326 e. The molecule has 0 saturated heterocycles. The van der Waals surface area contributed by atoms with Crippen LogP contribution in [0.3, 0.4) is 0 Å². The molecule has 0 spiro atoms. The van der Waals surface area contributed by atoms with Crippen LogP contribution < -0.4 is 15.0 Å². The Morgan fingerprint density at radius 1 is 0.971 bits per heavy atom. The molecule has 0 fully saturated rings. The van der Waals surface area contributed by atoms with E-state index in [4.69, 9.17) is 14.2 Å². The lowest BCUT2D eigenvalue weighted by atomic mass is 9.94. The van der Waals surface area contributed by atoms with Gasteiger partial charge in [0.1, 0.15) is 5.75 Å². The SMILES string of the molecule is COc1ccc(-c2noc(C3=C(C)N(c4cccc(C)c4)C(=O)NC3c3ccccc3)n2)cc1. The van der Waals surface area contributed by atoms with Gasteiger partial charge in [0, 0.05) is 11.3 Å². The summed E-state index contributed by atoms with van der Waals surface area (Å²) >= 11 is 0. The van der Waals surface area contributed by atoms with Crippen LogP contribution in [0.15, 0.2) is 89.1 Å².